The number of nitrogens with one attached hydrogen (secondary N) is 6. The molecule has 0 aromatic heterocycles. The van der Waals surface area contributed by atoms with Crippen LogP contribution < -0.4 is 31.9 Å². The highest BCUT2D eigenvalue weighted by atomic mass is 15.0. The van der Waals surface area contributed by atoms with E-state index in [2.05, 4.69) is 210 Å². The SMILES string of the molecule is Cc1cc(C)c(Nc2ccccc2NCC(C)(CNc2ccccc2Nc2c(C)cc(C)cc2C)CNc2ccccc2Nc2c(C)cc(C)cc2C)c(C)c1. The smallest absolute Gasteiger partial charge is 0.0620 e. The molecule has 0 aliphatic rings. The Morgan fingerprint density at radius 1 is 0.339 bits per heavy atom. The van der Waals surface area contributed by atoms with Gasteiger partial charge in [-0.2, -0.15) is 0 Å². The summed E-state index contributed by atoms with van der Waals surface area (Å²) in [5.41, 5.74) is 20.8. The van der Waals surface area contributed by atoms with Crippen LogP contribution in [-0.4, -0.2) is 19.6 Å². The summed E-state index contributed by atoms with van der Waals surface area (Å²) < 4.78 is 0. The molecule has 0 aliphatic carbocycles. The van der Waals surface area contributed by atoms with E-state index in [1.54, 1.807) is 0 Å². The van der Waals surface area contributed by atoms with Crippen molar-refractivity contribution in [3.63, 3.8) is 0 Å². The van der Waals surface area contributed by atoms with Gasteiger partial charge in [0.25, 0.3) is 0 Å². The first-order valence-electron chi connectivity index (χ1n) is 19.8. The number of hydrogen-bond donors (Lipinski definition) is 6. The topological polar surface area (TPSA) is 72.2 Å². The van der Waals surface area contributed by atoms with Crippen LogP contribution in [0.15, 0.2) is 109 Å². The fourth-order valence-electron chi connectivity index (χ4n) is 7.89. The number of rotatable bonds is 15. The molecule has 0 unspecified atom stereocenters. The zero-order valence-corrected chi connectivity index (χ0v) is 35.0. The molecule has 6 aromatic carbocycles. The molecule has 0 radical (unpaired) electrons. The lowest BCUT2D eigenvalue weighted by atomic mass is 9.89. The summed E-state index contributed by atoms with van der Waals surface area (Å²) in [5, 5.41) is 22.9. The van der Waals surface area contributed by atoms with Gasteiger partial charge in [0.05, 0.1) is 34.1 Å². The molecular formula is C50H60N6. The molecular weight excluding hydrogens is 685 g/mol. The molecule has 0 aliphatic heterocycles. The van der Waals surface area contributed by atoms with Gasteiger partial charge in [-0.3, -0.25) is 0 Å². The van der Waals surface area contributed by atoms with E-state index in [0.717, 1.165) is 70.8 Å². The highest BCUT2D eigenvalue weighted by Gasteiger charge is 2.26. The zero-order valence-electron chi connectivity index (χ0n) is 35.0. The van der Waals surface area contributed by atoms with E-state index in [-0.39, 0.29) is 5.41 Å². The number of benzene rings is 6. The molecule has 6 rings (SSSR count). The third-order valence-corrected chi connectivity index (χ3v) is 10.7. The van der Waals surface area contributed by atoms with E-state index < -0.39 is 0 Å². The summed E-state index contributed by atoms with van der Waals surface area (Å²) in [7, 11) is 0. The molecule has 6 heteroatoms. The molecule has 6 N–H and O–H groups in total. The number of hydrogen-bond acceptors (Lipinski definition) is 6. The van der Waals surface area contributed by atoms with Gasteiger partial charge in [0.2, 0.25) is 0 Å². The summed E-state index contributed by atoms with van der Waals surface area (Å²) in [4.78, 5) is 0. The van der Waals surface area contributed by atoms with Crippen molar-refractivity contribution in [1.29, 1.82) is 0 Å². The standard InChI is InChI=1S/C50H60N6/c1-32-23-35(4)47(36(5)24-32)54-44-20-14-11-17-41(44)51-29-50(10,30-52-42-18-12-15-21-45(42)55-48-37(6)25-33(2)26-38(48)7)31-53-43-19-13-16-22-46(43)56-49-39(8)27-34(3)28-40(49)9/h11-28,51-56H,29-31H2,1-10H3. The molecule has 0 amide bonds. The second kappa shape index (κ2) is 17.3. The molecule has 0 spiro atoms. The van der Waals surface area contributed by atoms with Crippen molar-refractivity contribution < 1.29 is 0 Å². The van der Waals surface area contributed by atoms with Crippen LogP contribution in [0.2, 0.25) is 0 Å². The third kappa shape index (κ3) is 9.67. The van der Waals surface area contributed by atoms with Gasteiger partial charge in [-0.1, -0.05) is 96.4 Å². The average Bonchev–Trinajstić information content (AvgIpc) is 3.14. The fraction of sp³-hybridized carbons (Fsp3) is 0.280. The summed E-state index contributed by atoms with van der Waals surface area (Å²) in [6.45, 7) is 24.0. The first-order valence-corrected chi connectivity index (χ1v) is 19.8. The Morgan fingerprint density at radius 3 is 0.786 bits per heavy atom. The summed E-state index contributed by atoms with van der Waals surface area (Å²) >= 11 is 0. The van der Waals surface area contributed by atoms with Crippen LogP contribution in [0.3, 0.4) is 0 Å². The van der Waals surface area contributed by atoms with Gasteiger partial charge in [-0.25, -0.2) is 0 Å². The van der Waals surface area contributed by atoms with E-state index in [0.29, 0.717) is 0 Å². The van der Waals surface area contributed by atoms with Crippen LogP contribution in [-0.2, 0) is 0 Å². The summed E-state index contributed by atoms with van der Waals surface area (Å²) in [6, 6.07) is 39.0. The van der Waals surface area contributed by atoms with Crippen molar-refractivity contribution in [2.24, 2.45) is 5.41 Å². The van der Waals surface area contributed by atoms with Crippen molar-refractivity contribution in [2.45, 2.75) is 69.2 Å². The Labute approximate surface area is 335 Å². The lowest BCUT2D eigenvalue weighted by Gasteiger charge is -2.33. The Morgan fingerprint density at radius 2 is 0.554 bits per heavy atom. The summed E-state index contributed by atoms with van der Waals surface area (Å²) in [5.74, 6) is 0. The Bertz CT molecular complexity index is 2000. The van der Waals surface area contributed by atoms with Gasteiger partial charge in [-0.15, -0.1) is 0 Å². The molecule has 0 saturated heterocycles. The van der Waals surface area contributed by atoms with Crippen LogP contribution in [0.5, 0.6) is 0 Å². The quantitative estimate of drug-likeness (QED) is 0.0629. The van der Waals surface area contributed by atoms with Crippen molar-refractivity contribution >= 4 is 51.2 Å². The van der Waals surface area contributed by atoms with Gasteiger partial charge < -0.3 is 31.9 Å². The number of para-hydroxylation sites is 6. The van der Waals surface area contributed by atoms with Crippen LogP contribution >= 0.6 is 0 Å². The summed E-state index contributed by atoms with van der Waals surface area (Å²) in [6.07, 6.45) is 0. The average molecular weight is 745 g/mol. The van der Waals surface area contributed by atoms with Crippen molar-refractivity contribution in [3.05, 3.63) is 159 Å². The predicted molar refractivity (Wildman–Crippen MR) is 245 cm³/mol. The van der Waals surface area contributed by atoms with Gasteiger partial charge in [0, 0.05) is 42.1 Å². The van der Waals surface area contributed by atoms with Gasteiger partial charge >= 0.3 is 0 Å². The fourth-order valence-corrected chi connectivity index (χ4v) is 7.89. The number of aryl methyl sites for hydroxylation is 9. The van der Waals surface area contributed by atoms with Gasteiger partial charge in [0.15, 0.2) is 0 Å². The minimum Gasteiger partial charge on any atom is -0.383 e. The van der Waals surface area contributed by atoms with Crippen LogP contribution in [0, 0.1) is 67.7 Å². The third-order valence-electron chi connectivity index (χ3n) is 10.7. The van der Waals surface area contributed by atoms with E-state index in [4.69, 9.17) is 0 Å². The van der Waals surface area contributed by atoms with E-state index >= 15 is 0 Å². The normalized spacial score (nSPS) is 11.2. The molecule has 0 bridgehead atoms. The van der Waals surface area contributed by atoms with E-state index in [1.807, 2.05) is 0 Å². The van der Waals surface area contributed by atoms with Crippen LogP contribution in [0.1, 0.15) is 57.0 Å². The van der Waals surface area contributed by atoms with E-state index in [1.165, 1.54) is 50.1 Å². The highest BCUT2D eigenvalue weighted by Crippen LogP contribution is 2.35. The number of anilines is 9. The highest BCUT2D eigenvalue weighted by molar-refractivity contribution is 5.80. The zero-order chi connectivity index (χ0) is 40.0. The maximum Gasteiger partial charge on any atom is 0.0620 e. The Balaban J connectivity index is 1.27. The minimum atomic E-state index is -0.242. The molecule has 0 fully saturated rings. The Kier molecular flexibility index (Phi) is 12.3. The molecule has 6 aromatic rings. The van der Waals surface area contributed by atoms with Crippen molar-refractivity contribution in [3.8, 4) is 0 Å². The lowest BCUT2D eigenvalue weighted by molar-refractivity contribution is 0.397. The van der Waals surface area contributed by atoms with Gasteiger partial charge in [-0.05, 0) is 132 Å². The molecule has 0 atom stereocenters. The second-order valence-corrected chi connectivity index (χ2v) is 16.2. The Hall–Kier alpha value is -5.88. The largest absolute Gasteiger partial charge is 0.383 e. The maximum absolute atomic E-state index is 3.87. The first-order chi connectivity index (χ1) is 26.8. The van der Waals surface area contributed by atoms with Crippen LogP contribution in [0.25, 0.3) is 0 Å². The van der Waals surface area contributed by atoms with Crippen LogP contribution in [0.4, 0.5) is 51.2 Å². The monoisotopic (exact) mass is 744 g/mol. The predicted octanol–water partition coefficient (Wildman–Crippen LogP) is 13.3. The second-order valence-electron chi connectivity index (χ2n) is 16.2. The maximum atomic E-state index is 3.87. The van der Waals surface area contributed by atoms with Crippen molar-refractivity contribution in [1.82, 2.24) is 0 Å². The van der Waals surface area contributed by atoms with E-state index in [9.17, 15) is 0 Å². The molecule has 56 heavy (non-hydrogen) atoms. The lowest BCUT2D eigenvalue weighted by Crippen LogP contribution is -2.40. The molecule has 0 heterocycles. The molecule has 0 saturated carbocycles. The minimum absolute atomic E-state index is 0.242. The van der Waals surface area contributed by atoms with Crippen molar-refractivity contribution in [2.75, 3.05) is 51.5 Å². The molecule has 6 nitrogen and oxygen atoms in total. The first kappa shape index (κ1) is 39.8. The van der Waals surface area contributed by atoms with Gasteiger partial charge in [0.1, 0.15) is 0 Å². The molecule has 290 valence electrons.